The number of nitrogens with zero attached hydrogens (tertiary/aromatic N) is 1. The molecular formula is C12H17NO3. The molecule has 0 saturated carbocycles. The van der Waals surface area contributed by atoms with Gasteiger partial charge in [-0.25, -0.2) is 9.78 Å². The minimum Gasteiger partial charge on any atom is -0.491 e. The molecule has 16 heavy (non-hydrogen) atoms. The summed E-state index contributed by atoms with van der Waals surface area (Å²) in [4.78, 5) is 15.7. The third-order valence-electron chi connectivity index (χ3n) is 1.77. The van der Waals surface area contributed by atoms with Crippen LogP contribution >= 0.6 is 0 Å². The predicted molar refractivity (Wildman–Crippen MR) is 60.6 cm³/mol. The van der Waals surface area contributed by atoms with Gasteiger partial charge in [-0.15, -0.1) is 0 Å². The number of pyridine rings is 1. The van der Waals surface area contributed by atoms with Gasteiger partial charge >= 0.3 is 5.97 Å². The highest BCUT2D eigenvalue weighted by molar-refractivity contribution is 5.90. The number of aromatic nitrogens is 1. The van der Waals surface area contributed by atoms with E-state index in [2.05, 4.69) is 4.98 Å². The number of hydrogen-bond acceptors (Lipinski definition) is 4. The molecule has 0 aliphatic rings. The second-order valence-electron chi connectivity index (χ2n) is 3.65. The molecule has 0 aliphatic heterocycles. The molecule has 0 radical (unpaired) electrons. The summed E-state index contributed by atoms with van der Waals surface area (Å²) < 4.78 is 10.5. The number of esters is 1. The summed E-state index contributed by atoms with van der Waals surface area (Å²) in [5.74, 6) is 0.0386. The van der Waals surface area contributed by atoms with Crippen LogP contribution in [-0.2, 0) is 4.74 Å². The third kappa shape index (κ3) is 3.53. The number of carbonyl (C=O) groups excluding carboxylic acids is 1. The Morgan fingerprint density at radius 3 is 2.88 bits per heavy atom. The zero-order chi connectivity index (χ0) is 12.0. The molecule has 0 aliphatic carbocycles. The van der Waals surface area contributed by atoms with E-state index in [0.717, 1.165) is 6.42 Å². The second-order valence-corrected chi connectivity index (χ2v) is 3.65. The summed E-state index contributed by atoms with van der Waals surface area (Å²) in [6.45, 7) is 6.16. The van der Waals surface area contributed by atoms with Gasteiger partial charge in [-0.3, -0.25) is 0 Å². The Balaban J connectivity index is 2.81. The van der Waals surface area contributed by atoms with Gasteiger partial charge in [-0.2, -0.15) is 0 Å². The van der Waals surface area contributed by atoms with Crippen molar-refractivity contribution in [3.8, 4) is 5.75 Å². The highest BCUT2D eigenvalue weighted by Crippen LogP contribution is 2.17. The Morgan fingerprint density at radius 1 is 1.50 bits per heavy atom. The van der Waals surface area contributed by atoms with Crippen LogP contribution in [0.3, 0.4) is 0 Å². The second kappa shape index (κ2) is 6.10. The zero-order valence-corrected chi connectivity index (χ0v) is 9.90. The molecule has 4 heteroatoms. The minimum absolute atomic E-state index is 0.159. The van der Waals surface area contributed by atoms with E-state index in [9.17, 15) is 4.79 Å². The Labute approximate surface area is 95.6 Å². The van der Waals surface area contributed by atoms with Crippen molar-refractivity contribution < 1.29 is 14.3 Å². The Bertz CT molecular complexity index is 350. The van der Waals surface area contributed by atoms with Gasteiger partial charge in [0.05, 0.1) is 12.7 Å². The quantitative estimate of drug-likeness (QED) is 0.719. The summed E-state index contributed by atoms with van der Waals surface area (Å²) in [5, 5.41) is 0. The van der Waals surface area contributed by atoms with Gasteiger partial charge in [-0.1, -0.05) is 6.92 Å². The molecular weight excluding hydrogens is 206 g/mol. The van der Waals surface area contributed by atoms with E-state index in [1.165, 1.54) is 0 Å². The van der Waals surface area contributed by atoms with Crippen LogP contribution in [0, 0.1) is 0 Å². The Morgan fingerprint density at radius 2 is 2.25 bits per heavy atom. The van der Waals surface area contributed by atoms with Gasteiger partial charge in [0, 0.05) is 6.20 Å². The van der Waals surface area contributed by atoms with Crippen molar-refractivity contribution in [2.24, 2.45) is 0 Å². The first-order valence-corrected chi connectivity index (χ1v) is 5.44. The fourth-order valence-electron chi connectivity index (χ4n) is 1.14. The summed E-state index contributed by atoms with van der Waals surface area (Å²) in [6.07, 6.45) is 2.28. The molecule has 0 saturated heterocycles. The molecule has 0 aromatic carbocycles. The maximum absolute atomic E-state index is 11.7. The molecule has 1 heterocycles. The molecule has 0 amide bonds. The molecule has 0 N–H and O–H groups in total. The fraction of sp³-hybridized carbons (Fsp3) is 0.500. The van der Waals surface area contributed by atoms with Crippen molar-refractivity contribution in [1.82, 2.24) is 4.98 Å². The first kappa shape index (κ1) is 12.5. The van der Waals surface area contributed by atoms with Gasteiger partial charge in [0.25, 0.3) is 0 Å². The molecule has 0 bridgehead atoms. The van der Waals surface area contributed by atoms with Crippen LogP contribution in [0.15, 0.2) is 18.3 Å². The van der Waals surface area contributed by atoms with E-state index in [4.69, 9.17) is 9.47 Å². The van der Waals surface area contributed by atoms with Crippen molar-refractivity contribution in [1.29, 1.82) is 0 Å². The Hall–Kier alpha value is -1.58. The fourth-order valence-corrected chi connectivity index (χ4v) is 1.14. The lowest BCUT2D eigenvalue weighted by Gasteiger charge is -2.11. The van der Waals surface area contributed by atoms with Gasteiger partial charge in [-0.05, 0) is 32.4 Å². The smallest absolute Gasteiger partial charge is 0.361 e. The van der Waals surface area contributed by atoms with Crippen LogP contribution < -0.4 is 4.74 Å². The van der Waals surface area contributed by atoms with Crippen molar-refractivity contribution in [2.45, 2.75) is 33.3 Å². The lowest BCUT2D eigenvalue weighted by molar-refractivity contribution is 0.0366. The average molecular weight is 223 g/mol. The summed E-state index contributed by atoms with van der Waals surface area (Å²) in [6, 6.07) is 3.46. The molecule has 1 rings (SSSR count). The van der Waals surface area contributed by atoms with Crippen LogP contribution in [0.1, 0.15) is 37.7 Å². The van der Waals surface area contributed by atoms with Crippen molar-refractivity contribution in [2.75, 3.05) is 6.61 Å². The van der Waals surface area contributed by atoms with Crippen molar-refractivity contribution >= 4 is 5.97 Å². The zero-order valence-electron chi connectivity index (χ0n) is 9.90. The first-order chi connectivity index (χ1) is 7.65. The van der Waals surface area contributed by atoms with Crippen molar-refractivity contribution in [3.63, 3.8) is 0 Å². The van der Waals surface area contributed by atoms with Crippen LogP contribution in [0.25, 0.3) is 0 Å². The van der Waals surface area contributed by atoms with Gasteiger partial charge in [0.1, 0.15) is 0 Å². The molecule has 1 aromatic heterocycles. The normalized spacial score (nSPS) is 10.2. The van der Waals surface area contributed by atoms with Crippen LogP contribution in [-0.4, -0.2) is 23.7 Å². The summed E-state index contributed by atoms with van der Waals surface area (Å²) >= 11 is 0. The topological polar surface area (TPSA) is 48.4 Å². The predicted octanol–water partition coefficient (Wildman–Crippen LogP) is 2.44. The van der Waals surface area contributed by atoms with Crippen molar-refractivity contribution in [3.05, 3.63) is 24.0 Å². The average Bonchev–Trinajstić information content (AvgIpc) is 2.25. The minimum atomic E-state index is -0.443. The molecule has 0 atom stereocenters. The van der Waals surface area contributed by atoms with Gasteiger partial charge in [0.15, 0.2) is 11.4 Å². The van der Waals surface area contributed by atoms with Gasteiger partial charge < -0.3 is 9.47 Å². The number of hydrogen-bond donors (Lipinski definition) is 0. The molecule has 0 spiro atoms. The van der Waals surface area contributed by atoms with Crippen LogP contribution in [0.4, 0.5) is 0 Å². The standard InChI is InChI=1S/C12H17NO3/c1-4-8-15-10-6-5-7-13-11(10)12(14)16-9(2)3/h5-7,9H,4,8H2,1-3H3. The summed E-state index contributed by atoms with van der Waals surface area (Å²) in [7, 11) is 0. The highest BCUT2D eigenvalue weighted by Gasteiger charge is 2.16. The van der Waals surface area contributed by atoms with E-state index in [0.29, 0.717) is 12.4 Å². The maximum Gasteiger partial charge on any atom is 0.361 e. The number of ether oxygens (including phenoxy) is 2. The first-order valence-electron chi connectivity index (χ1n) is 5.44. The summed E-state index contributed by atoms with van der Waals surface area (Å²) in [5.41, 5.74) is 0.240. The van der Waals surface area contributed by atoms with E-state index in [1.54, 1.807) is 32.2 Å². The monoisotopic (exact) mass is 223 g/mol. The number of carbonyl (C=O) groups is 1. The van der Waals surface area contributed by atoms with E-state index in [-0.39, 0.29) is 11.8 Å². The van der Waals surface area contributed by atoms with E-state index >= 15 is 0 Å². The van der Waals surface area contributed by atoms with Crippen LogP contribution in [0.2, 0.25) is 0 Å². The highest BCUT2D eigenvalue weighted by atomic mass is 16.5. The molecule has 0 unspecified atom stereocenters. The molecule has 0 fully saturated rings. The van der Waals surface area contributed by atoms with E-state index < -0.39 is 5.97 Å². The van der Waals surface area contributed by atoms with Crippen LogP contribution in [0.5, 0.6) is 5.75 Å². The SMILES string of the molecule is CCCOc1cccnc1C(=O)OC(C)C. The molecule has 1 aromatic rings. The lowest BCUT2D eigenvalue weighted by Crippen LogP contribution is -2.14. The number of rotatable bonds is 5. The third-order valence-corrected chi connectivity index (χ3v) is 1.77. The molecule has 4 nitrogen and oxygen atoms in total. The Kier molecular flexibility index (Phi) is 4.76. The van der Waals surface area contributed by atoms with E-state index in [1.807, 2.05) is 6.92 Å². The lowest BCUT2D eigenvalue weighted by atomic mass is 10.3. The maximum atomic E-state index is 11.7. The van der Waals surface area contributed by atoms with Gasteiger partial charge in [0.2, 0.25) is 0 Å². The largest absolute Gasteiger partial charge is 0.491 e. The molecule has 88 valence electrons.